The highest BCUT2D eigenvalue weighted by Gasteiger charge is 2.05. The summed E-state index contributed by atoms with van der Waals surface area (Å²) >= 11 is 0. The minimum atomic E-state index is 1.08. The molecular formula is C90H130N6. The molecule has 0 aliphatic carbocycles. The van der Waals surface area contributed by atoms with Gasteiger partial charge < -0.3 is 0 Å². The molecule has 6 nitrogen and oxygen atoms in total. The van der Waals surface area contributed by atoms with Gasteiger partial charge in [-0.1, -0.05) is 225 Å². The fourth-order valence-corrected chi connectivity index (χ4v) is 8.54. The summed E-state index contributed by atoms with van der Waals surface area (Å²) in [6.45, 7) is 64.9. The lowest BCUT2D eigenvalue weighted by molar-refractivity contribution is 1.12. The number of aryl methyl sites for hydroxylation is 16. The molecule has 0 aliphatic heterocycles. The summed E-state index contributed by atoms with van der Waals surface area (Å²) in [5, 5.41) is 10.7. The SMILES string of the molecule is CC.CC.CC.CC.CC.CC.CC.CC.Cc1ccc(C)nc1.Cc1ccc(C)nc1.Cc1ccc2cc3cc(C)ccc3cc2c1.Cc1cccc(C)n1.Cc1cccc2c(C)c3ccccc3cc12.Cc1ccnc(C)c1.Cc1ccnc(C)c1.Cc1cncc(C)c1. The van der Waals surface area contributed by atoms with Crippen molar-refractivity contribution in [1.29, 1.82) is 0 Å². The molecule has 12 rings (SSSR count). The van der Waals surface area contributed by atoms with Gasteiger partial charge in [-0.15, -0.1) is 0 Å². The van der Waals surface area contributed by atoms with Gasteiger partial charge in [0.1, 0.15) is 0 Å². The van der Waals surface area contributed by atoms with Gasteiger partial charge in [0.2, 0.25) is 0 Å². The van der Waals surface area contributed by atoms with E-state index in [2.05, 4.69) is 199 Å². The molecule has 0 aliphatic rings. The van der Waals surface area contributed by atoms with E-state index < -0.39 is 0 Å². The van der Waals surface area contributed by atoms with Gasteiger partial charge in [-0.05, 0) is 265 Å². The van der Waals surface area contributed by atoms with Crippen LogP contribution in [0.2, 0.25) is 0 Å². The standard InChI is InChI=1S/2C16H14.6C7H9N.8C2H6/c1-11-3-5-13-10-16-8-12(2)4-6-14(16)9-15(13)7-11;1-11-6-5-9-15-12(2)14-8-4-3-7-13(14)10-16(11)15;1-6-3-7(2)5-8-4-6;2*1-6-3-4-8-7(2)5-6;2*1-6-3-4-7(2)8-5-6;1-6-4-3-5-7(2)8-6;8*1-2/h2*3-10H,1-2H3;6*3-5H,1-2H3;8*1-2H3. The van der Waals surface area contributed by atoms with Crippen molar-refractivity contribution in [3.63, 3.8) is 0 Å². The van der Waals surface area contributed by atoms with Crippen LogP contribution in [0.1, 0.15) is 201 Å². The van der Waals surface area contributed by atoms with Crippen molar-refractivity contribution in [2.45, 2.75) is 222 Å². The third-order valence-electron chi connectivity index (χ3n) is 12.8. The van der Waals surface area contributed by atoms with Crippen LogP contribution in [0.15, 0.2) is 207 Å². The van der Waals surface area contributed by atoms with Gasteiger partial charge in [-0.3, -0.25) is 29.9 Å². The van der Waals surface area contributed by atoms with E-state index in [9.17, 15) is 0 Å². The second kappa shape index (κ2) is 58.8. The monoisotopic (exact) mass is 1300 g/mol. The van der Waals surface area contributed by atoms with Crippen molar-refractivity contribution < 1.29 is 0 Å². The number of aromatic nitrogens is 6. The fourth-order valence-electron chi connectivity index (χ4n) is 8.54. The van der Waals surface area contributed by atoms with Crippen LogP contribution in [0.3, 0.4) is 0 Å². The molecule has 96 heavy (non-hydrogen) atoms. The highest BCUT2D eigenvalue weighted by molar-refractivity contribution is 6.03. The molecular weight excluding hydrogens is 1170 g/mol. The number of benzene rings is 6. The predicted octanol–water partition coefficient (Wildman–Crippen LogP) is 27.6. The molecule has 6 heterocycles. The maximum atomic E-state index is 4.17. The maximum Gasteiger partial charge on any atom is 0.0375 e. The van der Waals surface area contributed by atoms with Crippen molar-refractivity contribution >= 4 is 43.1 Å². The predicted molar refractivity (Wildman–Crippen MR) is 435 cm³/mol. The van der Waals surface area contributed by atoms with Crippen molar-refractivity contribution in [3.05, 3.63) is 297 Å². The van der Waals surface area contributed by atoms with Crippen LogP contribution in [0.4, 0.5) is 0 Å². The van der Waals surface area contributed by atoms with E-state index in [0.717, 1.165) is 34.2 Å². The highest BCUT2D eigenvalue weighted by atomic mass is 14.7. The maximum absolute atomic E-state index is 4.17. The van der Waals surface area contributed by atoms with E-state index >= 15 is 0 Å². The number of fused-ring (bicyclic) bond motifs is 4. The van der Waals surface area contributed by atoms with Crippen LogP contribution in [-0.4, -0.2) is 29.9 Å². The van der Waals surface area contributed by atoms with E-state index in [1.54, 1.807) is 0 Å². The van der Waals surface area contributed by atoms with Gasteiger partial charge in [-0.25, -0.2) is 0 Å². The normalized spacial score (nSPS) is 8.83. The van der Waals surface area contributed by atoms with Crippen LogP contribution in [0.25, 0.3) is 43.1 Å². The molecule has 520 valence electrons. The Morgan fingerprint density at radius 1 is 0.208 bits per heavy atom. The number of pyridine rings is 6. The number of rotatable bonds is 0. The van der Waals surface area contributed by atoms with Gasteiger partial charge in [0.25, 0.3) is 0 Å². The molecule has 0 saturated carbocycles. The summed E-state index contributed by atoms with van der Waals surface area (Å²) in [4.78, 5) is 24.4. The molecule has 12 aromatic rings. The molecule has 0 bridgehead atoms. The summed E-state index contributed by atoms with van der Waals surface area (Å²) in [5.41, 5.74) is 19.3. The molecule has 0 amide bonds. The van der Waals surface area contributed by atoms with Gasteiger partial charge in [-0.2, -0.15) is 0 Å². The van der Waals surface area contributed by atoms with E-state index in [4.69, 9.17) is 0 Å². The average Bonchev–Trinajstić information content (AvgIpc) is 0.795. The second-order valence-corrected chi connectivity index (χ2v) is 20.8. The van der Waals surface area contributed by atoms with Gasteiger partial charge in [0.05, 0.1) is 0 Å². The lowest BCUT2D eigenvalue weighted by Gasteiger charge is -2.09. The zero-order valence-electron chi connectivity index (χ0n) is 66.3. The Morgan fingerprint density at radius 2 is 0.583 bits per heavy atom. The van der Waals surface area contributed by atoms with Crippen molar-refractivity contribution in [3.8, 4) is 0 Å². The average molecular weight is 1300 g/mol. The Hall–Kier alpha value is -8.74. The van der Waals surface area contributed by atoms with Crippen LogP contribution >= 0.6 is 0 Å². The van der Waals surface area contributed by atoms with Crippen molar-refractivity contribution in [2.75, 3.05) is 0 Å². The fraction of sp³-hybridized carbons (Fsp3) is 0.356. The van der Waals surface area contributed by atoms with Crippen LogP contribution in [0.5, 0.6) is 0 Å². The Balaban J connectivity index is -0.000000497. The summed E-state index contributed by atoms with van der Waals surface area (Å²) < 4.78 is 0. The van der Waals surface area contributed by atoms with Gasteiger partial charge in [0, 0.05) is 71.3 Å². The van der Waals surface area contributed by atoms with Gasteiger partial charge in [0.15, 0.2) is 0 Å². The Labute approximate surface area is 588 Å². The van der Waals surface area contributed by atoms with Crippen molar-refractivity contribution in [1.82, 2.24) is 29.9 Å². The van der Waals surface area contributed by atoms with E-state index in [1.165, 1.54) is 98.7 Å². The zero-order chi connectivity index (χ0) is 74.1. The second-order valence-electron chi connectivity index (χ2n) is 20.8. The topological polar surface area (TPSA) is 77.3 Å². The molecule has 6 aromatic carbocycles. The lowest BCUT2D eigenvalue weighted by Crippen LogP contribution is -1.84. The third kappa shape index (κ3) is 40.5. The van der Waals surface area contributed by atoms with E-state index in [0.29, 0.717) is 0 Å². The smallest absolute Gasteiger partial charge is 0.0375 e. The molecule has 0 unspecified atom stereocenters. The summed E-state index contributed by atoms with van der Waals surface area (Å²) in [6, 6.07) is 59.5. The van der Waals surface area contributed by atoms with E-state index in [-0.39, 0.29) is 0 Å². The van der Waals surface area contributed by atoms with Crippen LogP contribution in [-0.2, 0) is 0 Å². The first-order valence-electron chi connectivity index (χ1n) is 35.4. The third-order valence-corrected chi connectivity index (χ3v) is 12.8. The first-order chi connectivity index (χ1) is 46.2. The summed E-state index contributed by atoms with van der Waals surface area (Å²) in [5.74, 6) is 0. The molecule has 6 heteroatoms. The molecule has 0 saturated heterocycles. The minimum absolute atomic E-state index is 1.08. The Morgan fingerprint density at radius 3 is 0.906 bits per heavy atom. The number of hydrogen-bond donors (Lipinski definition) is 0. The molecule has 0 radical (unpaired) electrons. The molecule has 0 atom stereocenters. The minimum Gasteiger partial charge on any atom is -0.264 e. The first-order valence-corrected chi connectivity index (χ1v) is 35.4. The zero-order valence-corrected chi connectivity index (χ0v) is 66.3. The summed E-state index contributed by atoms with van der Waals surface area (Å²) in [6.07, 6.45) is 11.1. The highest BCUT2D eigenvalue weighted by Crippen LogP contribution is 2.29. The number of nitrogens with zero attached hydrogens (tertiary/aromatic N) is 6. The van der Waals surface area contributed by atoms with Crippen molar-refractivity contribution in [2.24, 2.45) is 0 Å². The molecule has 0 fully saturated rings. The largest absolute Gasteiger partial charge is 0.264 e. The lowest BCUT2D eigenvalue weighted by atomic mass is 9.95. The number of hydrogen-bond acceptors (Lipinski definition) is 6. The molecule has 0 N–H and O–H groups in total. The Kier molecular flexibility index (Phi) is 57.4. The first kappa shape index (κ1) is 93.7. The quantitative estimate of drug-likeness (QED) is 0.141. The van der Waals surface area contributed by atoms with Crippen LogP contribution < -0.4 is 0 Å². The van der Waals surface area contributed by atoms with E-state index in [1.807, 2.05) is 260 Å². The summed E-state index contributed by atoms with van der Waals surface area (Å²) in [7, 11) is 0. The Bertz CT molecular complexity index is 3450. The van der Waals surface area contributed by atoms with Crippen LogP contribution in [0, 0.1) is 111 Å². The molecule has 0 spiro atoms. The van der Waals surface area contributed by atoms with Gasteiger partial charge >= 0.3 is 0 Å². The molecule has 6 aromatic heterocycles.